The van der Waals surface area contributed by atoms with E-state index in [0.29, 0.717) is 6.54 Å². The van der Waals surface area contributed by atoms with Crippen molar-refractivity contribution in [2.24, 2.45) is 5.73 Å². The zero-order valence-electron chi connectivity index (χ0n) is 14.5. The van der Waals surface area contributed by atoms with Gasteiger partial charge >= 0.3 is 0 Å². The zero-order chi connectivity index (χ0) is 16.9. The molecule has 3 N–H and O–H groups in total. The van der Waals surface area contributed by atoms with Gasteiger partial charge in [-0.05, 0) is 44.5 Å². The molecule has 2 aromatic rings. The van der Waals surface area contributed by atoms with Crippen LogP contribution in [0.5, 0.6) is 0 Å². The summed E-state index contributed by atoms with van der Waals surface area (Å²) in [4.78, 5) is 20.3. The van der Waals surface area contributed by atoms with Crippen LogP contribution in [0.2, 0.25) is 0 Å². The van der Waals surface area contributed by atoms with Crippen molar-refractivity contribution in [1.29, 1.82) is 0 Å². The third-order valence-electron chi connectivity index (χ3n) is 5.11. The highest BCUT2D eigenvalue weighted by atomic mass is 16.2. The fourth-order valence-electron chi connectivity index (χ4n) is 3.59. The summed E-state index contributed by atoms with van der Waals surface area (Å²) in [6.45, 7) is 3.27. The SMILES string of the molecule is CN1CCN(CCc2c[nH]c3ccccc23)C(=O)[C@@H]1CCCCN. The minimum Gasteiger partial charge on any atom is -0.361 e. The molecule has 1 aliphatic heterocycles. The zero-order valence-corrected chi connectivity index (χ0v) is 14.5. The van der Waals surface area contributed by atoms with E-state index in [1.807, 2.05) is 11.0 Å². The average Bonchev–Trinajstić information content (AvgIpc) is 3.00. The Morgan fingerprint density at radius 3 is 2.92 bits per heavy atom. The number of nitrogens with zero attached hydrogens (tertiary/aromatic N) is 2. The summed E-state index contributed by atoms with van der Waals surface area (Å²) >= 11 is 0. The van der Waals surface area contributed by atoms with Crippen LogP contribution in [0.15, 0.2) is 30.5 Å². The van der Waals surface area contributed by atoms with E-state index in [4.69, 9.17) is 5.73 Å². The van der Waals surface area contributed by atoms with Gasteiger partial charge in [0.05, 0.1) is 6.04 Å². The lowest BCUT2D eigenvalue weighted by molar-refractivity contribution is -0.141. The van der Waals surface area contributed by atoms with Crippen LogP contribution >= 0.6 is 0 Å². The fourth-order valence-corrected chi connectivity index (χ4v) is 3.59. The number of unbranched alkanes of at least 4 members (excludes halogenated alkanes) is 1. The third-order valence-corrected chi connectivity index (χ3v) is 5.11. The highest BCUT2D eigenvalue weighted by Crippen LogP contribution is 2.20. The molecule has 1 aliphatic rings. The molecule has 1 fully saturated rings. The molecule has 5 heteroatoms. The molecule has 0 radical (unpaired) electrons. The van der Waals surface area contributed by atoms with Crippen LogP contribution in [0.3, 0.4) is 0 Å². The summed E-state index contributed by atoms with van der Waals surface area (Å²) in [6, 6.07) is 8.36. The lowest BCUT2D eigenvalue weighted by atomic mass is 10.0. The molecule has 5 nitrogen and oxygen atoms in total. The maximum Gasteiger partial charge on any atom is 0.239 e. The Bertz CT molecular complexity index is 681. The number of amides is 1. The maximum absolute atomic E-state index is 12.8. The first-order valence-corrected chi connectivity index (χ1v) is 8.95. The minimum absolute atomic E-state index is 0.0215. The number of likely N-dealkylation sites (N-methyl/N-ethyl adjacent to an activating group) is 1. The van der Waals surface area contributed by atoms with Gasteiger partial charge in [0.25, 0.3) is 0 Å². The predicted molar refractivity (Wildman–Crippen MR) is 97.9 cm³/mol. The second kappa shape index (κ2) is 7.81. The highest BCUT2D eigenvalue weighted by molar-refractivity contribution is 5.84. The number of hydrogen-bond donors (Lipinski definition) is 2. The van der Waals surface area contributed by atoms with Gasteiger partial charge in [-0.1, -0.05) is 24.6 Å². The van der Waals surface area contributed by atoms with E-state index in [-0.39, 0.29) is 11.9 Å². The van der Waals surface area contributed by atoms with Crippen molar-refractivity contribution in [3.05, 3.63) is 36.0 Å². The van der Waals surface area contributed by atoms with Gasteiger partial charge in [0, 0.05) is 36.7 Å². The second-order valence-corrected chi connectivity index (χ2v) is 6.72. The van der Waals surface area contributed by atoms with E-state index in [1.54, 1.807) is 0 Å². The number of hydrogen-bond acceptors (Lipinski definition) is 3. The van der Waals surface area contributed by atoms with E-state index in [9.17, 15) is 4.79 Å². The van der Waals surface area contributed by atoms with Crippen molar-refractivity contribution in [3.8, 4) is 0 Å². The van der Waals surface area contributed by atoms with Crippen LogP contribution < -0.4 is 5.73 Å². The number of carbonyl (C=O) groups excluding carboxylic acids is 1. The molecule has 0 saturated carbocycles. The average molecular weight is 328 g/mol. The van der Waals surface area contributed by atoms with Crippen LogP contribution in [0.1, 0.15) is 24.8 Å². The monoisotopic (exact) mass is 328 g/mol. The van der Waals surface area contributed by atoms with E-state index in [0.717, 1.165) is 50.8 Å². The molecule has 0 unspecified atom stereocenters. The number of aromatic nitrogens is 1. The standard InChI is InChI=1S/C19H28N4O/c1-22-12-13-23(19(24)18(22)8-4-5-10-20)11-9-15-14-21-17-7-3-2-6-16(15)17/h2-3,6-7,14,18,21H,4-5,8-13,20H2,1H3/t18-/m0/s1. The molecular formula is C19H28N4O. The Morgan fingerprint density at radius 2 is 2.08 bits per heavy atom. The minimum atomic E-state index is 0.0215. The summed E-state index contributed by atoms with van der Waals surface area (Å²) in [6.07, 6.45) is 5.90. The molecule has 1 aromatic carbocycles. The fraction of sp³-hybridized carbons (Fsp3) is 0.526. The molecule has 0 aliphatic carbocycles. The van der Waals surface area contributed by atoms with E-state index < -0.39 is 0 Å². The molecule has 0 spiro atoms. The third kappa shape index (κ3) is 3.62. The molecule has 1 amide bonds. The Labute approximate surface area is 143 Å². The summed E-state index contributed by atoms with van der Waals surface area (Å²) < 4.78 is 0. The molecule has 0 bridgehead atoms. The number of para-hydroxylation sites is 1. The quantitative estimate of drug-likeness (QED) is 0.764. The number of H-pyrrole nitrogens is 1. The van der Waals surface area contributed by atoms with Gasteiger partial charge in [0.1, 0.15) is 0 Å². The molecule has 1 atom stereocenters. The number of benzene rings is 1. The Hall–Kier alpha value is -1.85. The molecule has 3 rings (SSSR count). The Balaban J connectivity index is 1.61. The number of fused-ring (bicyclic) bond motifs is 1. The van der Waals surface area contributed by atoms with E-state index in [1.165, 1.54) is 10.9 Å². The molecule has 1 aromatic heterocycles. The van der Waals surface area contributed by atoms with Gasteiger partial charge in [0.15, 0.2) is 0 Å². The van der Waals surface area contributed by atoms with Gasteiger partial charge in [-0.2, -0.15) is 0 Å². The lowest BCUT2D eigenvalue weighted by Crippen LogP contribution is -2.55. The summed E-state index contributed by atoms with van der Waals surface area (Å²) in [7, 11) is 2.06. The Kier molecular flexibility index (Phi) is 5.53. The van der Waals surface area contributed by atoms with Gasteiger partial charge in [-0.3, -0.25) is 9.69 Å². The van der Waals surface area contributed by atoms with Gasteiger partial charge < -0.3 is 15.6 Å². The van der Waals surface area contributed by atoms with Crippen LogP contribution in [0.25, 0.3) is 10.9 Å². The molecule has 130 valence electrons. The molecule has 24 heavy (non-hydrogen) atoms. The van der Waals surface area contributed by atoms with Crippen molar-refractivity contribution in [2.75, 3.05) is 33.2 Å². The predicted octanol–water partition coefficient (Wildman–Crippen LogP) is 1.98. The number of carbonyl (C=O) groups is 1. The Morgan fingerprint density at radius 1 is 1.25 bits per heavy atom. The highest BCUT2D eigenvalue weighted by Gasteiger charge is 2.31. The number of rotatable bonds is 7. The van der Waals surface area contributed by atoms with Crippen molar-refractivity contribution in [2.45, 2.75) is 31.7 Å². The number of piperazine rings is 1. The van der Waals surface area contributed by atoms with Crippen molar-refractivity contribution in [3.63, 3.8) is 0 Å². The smallest absolute Gasteiger partial charge is 0.239 e. The summed E-state index contributed by atoms with van der Waals surface area (Å²) in [5.41, 5.74) is 8.03. The maximum atomic E-state index is 12.8. The summed E-state index contributed by atoms with van der Waals surface area (Å²) in [5.74, 6) is 0.278. The van der Waals surface area contributed by atoms with Gasteiger partial charge in [-0.25, -0.2) is 0 Å². The normalized spacial score (nSPS) is 19.3. The number of aromatic amines is 1. The van der Waals surface area contributed by atoms with Crippen molar-refractivity contribution >= 4 is 16.8 Å². The van der Waals surface area contributed by atoms with Crippen LogP contribution in [-0.2, 0) is 11.2 Å². The first-order chi connectivity index (χ1) is 11.7. The first-order valence-electron chi connectivity index (χ1n) is 8.95. The molecular weight excluding hydrogens is 300 g/mol. The first kappa shape index (κ1) is 17.0. The van der Waals surface area contributed by atoms with Crippen LogP contribution in [-0.4, -0.2) is 60.0 Å². The second-order valence-electron chi connectivity index (χ2n) is 6.72. The van der Waals surface area contributed by atoms with Gasteiger partial charge in [-0.15, -0.1) is 0 Å². The van der Waals surface area contributed by atoms with Crippen LogP contribution in [0.4, 0.5) is 0 Å². The lowest BCUT2D eigenvalue weighted by Gasteiger charge is -2.38. The topological polar surface area (TPSA) is 65.4 Å². The molecule has 2 heterocycles. The number of nitrogens with two attached hydrogens (primary N) is 1. The van der Waals surface area contributed by atoms with E-state index in [2.05, 4.69) is 41.3 Å². The largest absolute Gasteiger partial charge is 0.361 e. The molecule has 1 saturated heterocycles. The van der Waals surface area contributed by atoms with Crippen molar-refractivity contribution in [1.82, 2.24) is 14.8 Å². The van der Waals surface area contributed by atoms with Crippen LogP contribution in [0, 0.1) is 0 Å². The summed E-state index contributed by atoms with van der Waals surface area (Å²) in [5, 5.41) is 1.26. The van der Waals surface area contributed by atoms with Gasteiger partial charge in [0.2, 0.25) is 5.91 Å². The number of nitrogens with one attached hydrogen (secondary N) is 1. The van der Waals surface area contributed by atoms with E-state index >= 15 is 0 Å². The van der Waals surface area contributed by atoms with Crippen molar-refractivity contribution < 1.29 is 4.79 Å².